The Labute approximate surface area is 142 Å². The number of hydrogen-bond donors (Lipinski definition) is 0. The Bertz CT molecular complexity index is 704. The molecule has 0 spiro atoms. The Morgan fingerprint density at radius 2 is 1.68 bits per heavy atom. The van der Waals surface area contributed by atoms with Crippen molar-refractivity contribution in [3.05, 3.63) is 28.5 Å². The van der Waals surface area contributed by atoms with Crippen LogP contribution in [0, 0.1) is 11.3 Å². The van der Waals surface area contributed by atoms with E-state index in [1.165, 1.54) is 0 Å². The Hall–Kier alpha value is -1.12. The predicted molar refractivity (Wildman–Crippen MR) is 98.6 cm³/mol. The van der Waals surface area contributed by atoms with Crippen LogP contribution in [0.15, 0.2) is 22.9 Å². The molecule has 118 valence electrons. The molecule has 5 heteroatoms. The number of fused-ring (bicyclic) bond motifs is 1. The van der Waals surface area contributed by atoms with Crippen LogP contribution in [0.4, 0.5) is 0 Å². The molecular formula is C17H24BrN3Si. The van der Waals surface area contributed by atoms with E-state index in [1.807, 2.05) is 0 Å². The average Bonchev–Trinajstić information content (AvgIpc) is 2.82. The number of nitriles is 1. The topological polar surface area (TPSA) is 41.6 Å². The van der Waals surface area contributed by atoms with E-state index in [-0.39, 0.29) is 0 Å². The molecule has 3 nitrogen and oxygen atoms in total. The molecule has 0 unspecified atom stereocenters. The summed E-state index contributed by atoms with van der Waals surface area (Å²) in [6, 6.07) is 4.36. The number of aromatic nitrogens is 2. The zero-order valence-corrected chi connectivity index (χ0v) is 16.8. The van der Waals surface area contributed by atoms with E-state index in [9.17, 15) is 5.26 Å². The van der Waals surface area contributed by atoms with Crippen LogP contribution in [0.2, 0.25) is 16.6 Å². The van der Waals surface area contributed by atoms with Gasteiger partial charge >= 0.3 is 0 Å². The monoisotopic (exact) mass is 377 g/mol. The molecule has 0 saturated carbocycles. The van der Waals surface area contributed by atoms with Crippen molar-refractivity contribution in [1.29, 1.82) is 5.26 Å². The molecule has 0 radical (unpaired) electrons. The molecule has 0 aromatic carbocycles. The summed E-state index contributed by atoms with van der Waals surface area (Å²) in [6.07, 6.45) is 3.93. The van der Waals surface area contributed by atoms with Gasteiger partial charge in [0.05, 0.1) is 10.0 Å². The van der Waals surface area contributed by atoms with Crippen molar-refractivity contribution in [1.82, 2.24) is 9.22 Å². The molecule has 0 fully saturated rings. The van der Waals surface area contributed by atoms with Gasteiger partial charge in [-0.2, -0.15) is 5.26 Å². The Morgan fingerprint density at radius 1 is 1.14 bits per heavy atom. The Balaban J connectivity index is 2.86. The summed E-state index contributed by atoms with van der Waals surface area (Å²) in [5.74, 6) is 0. The van der Waals surface area contributed by atoms with Crippen molar-refractivity contribution in [3.63, 3.8) is 0 Å². The number of nitrogens with zero attached hydrogens (tertiary/aromatic N) is 3. The summed E-state index contributed by atoms with van der Waals surface area (Å²) < 4.78 is 3.21. The second kappa shape index (κ2) is 6.17. The second-order valence-corrected chi connectivity index (χ2v) is 13.4. The van der Waals surface area contributed by atoms with Gasteiger partial charge in [0.25, 0.3) is 0 Å². The lowest BCUT2D eigenvalue weighted by Gasteiger charge is -2.44. The van der Waals surface area contributed by atoms with Gasteiger partial charge in [-0.25, -0.2) is 4.98 Å². The summed E-state index contributed by atoms with van der Waals surface area (Å²) in [5, 5.41) is 10.4. The van der Waals surface area contributed by atoms with E-state index in [0.717, 1.165) is 15.5 Å². The van der Waals surface area contributed by atoms with Crippen molar-refractivity contribution in [3.8, 4) is 6.07 Å². The van der Waals surface area contributed by atoms with Gasteiger partial charge < -0.3 is 4.23 Å². The second-order valence-electron chi connectivity index (χ2n) is 6.87. The Kier molecular flexibility index (Phi) is 4.83. The van der Waals surface area contributed by atoms with E-state index in [4.69, 9.17) is 0 Å². The minimum Gasteiger partial charge on any atom is -0.359 e. The lowest BCUT2D eigenvalue weighted by molar-refractivity contribution is 0.770. The van der Waals surface area contributed by atoms with Gasteiger partial charge in [-0.15, -0.1) is 0 Å². The standard InChI is InChI=1S/C17H24BrN3Si/c1-11(2)22(12(3)4,13(5)6)21-8-7-14-15(9-19)16(18)10-20-17(14)21/h7-8,10-13H,1-6H3. The molecule has 0 N–H and O–H groups in total. The molecule has 0 atom stereocenters. The molecule has 0 aliphatic heterocycles. The average molecular weight is 378 g/mol. The molecule has 2 heterocycles. The van der Waals surface area contributed by atoms with Gasteiger partial charge in [0.2, 0.25) is 0 Å². The van der Waals surface area contributed by atoms with Gasteiger partial charge in [0, 0.05) is 11.6 Å². The van der Waals surface area contributed by atoms with E-state index in [0.29, 0.717) is 22.2 Å². The lowest BCUT2D eigenvalue weighted by atomic mass is 10.2. The first kappa shape index (κ1) is 17.2. The highest BCUT2D eigenvalue weighted by Gasteiger charge is 2.46. The van der Waals surface area contributed by atoms with Crippen molar-refractivity contribution >= 4 is 35.2 Å². The summed E-state index contributed by atoms with van der Waals surface area (Å²) in [7, 11) is -1.84. The van der Waals surface area contributed by atoms with Gasteiger partial charge in [0.15, 0.2) is 8.24 Å². The highest BCUT2D eigenvalue weighted by atomic mass is 79.9. The molecule has 0 amide bonds. The van der Waals surface area contributed by atoms with Crippen LogP contribution >= 0.6 is 15.9 Å². The minimum absolute atomic E-state index is 0.596. The fraction of sp³-hybridized carbons (Fsp3) is 0.529. The summed E-state index contributed by atoms with van der Waals surface area (Å²) in [5.41, 5.74) is 3.43. The van der Waals surface area contributed by atoms with Crippen LogP contribution in [0.1, 0.15) is 47.1 Å². The number of rotatable bonds is 4. The number of pyridine rings is 1. The quantitative estimate of drug-likeness (QED) is 0.641. The number of halogens is 1. The largest absolute Gasteiger partial charge is 0.359 e. The molecule has 22 heavy (non-hydrogen) atoms. The van der Waals surface area contributed by atoms with Crippen molar-refractivity contribution in [2.24, 2.45) is 0 Å². The molecule has 0 aliphatic carbocycles. The lowest BCUT2D eigenvalue weighted by Crippen LogP contribution is -2.51. The molecular weight excluding hydrogens is 354 g/mol. The summed E-state index contributed by atoms with van der Waals surface area (Å²) in [6.45, 7) is 14.0. The zero-order chi connectivity index (χ0) is 16.7. The van der Waals surface area contributed by atoms with Crippen LogP contribution in [-0.4, -0.2) is 17.5 Å². The van der Waals surface area contributed by atoms with E-state index in [2.05, 4.69) is 85.0 Å². The third-order valence-electron chi connectivity index (χ3n) is 4.97. The molecule has 0 aliphatic rings. The van der Waals surface area contributed by atoms with Crippen molar-refractivity contribution in [2.75, 3.05) is 0 Å². The maximum atomic E-state index is 9.45. The fourth-order valence-corrected chi connectivity index (χ4v) is 11.3. The highest BCUT2D eigenvalue weighted by molar-refractivity contribution is 9.10. The van der Waals surface area contributed by atoms with Gasteiger partial charge in [0.1, 0.15) is 11.7 Å². The SMILES string of the molecule is CC(C)[Si](C(C)C)(C(C)C)n1ccc2c(C#N)c(Br)cnc21. The van der Waals surface area contributed by atoms with E-state index < -0.39 is 8.24 Å². The van der Waals surface area contributed by atoms with E-state index >= 15 is 0 Å². The van der Waals surface area contributed by atoms with Crippen LogP contribution in [0.25, 0.3) is 11.0 Å². The van der Waals surface area contributed by atoms with Crippen LogP contribution in [-0.2, 0) is 0 Å². The van der Waals surface area contributed by atoms with Crippen LogP contribution in [0.3, 0.4) is 0 Å². The smallest absolute Gasteiger partial charge is 0.171 e. The van der Waals surface area contributed by atoms with Crippen LogP contribution in [0.5, 0.6) is 0 Å². The van der Waals surface area contributed by atoms with Gasteiger partial charge in [-0.05, 0) is 44.8 Å². The summed E-state index contributed by atoms with van der Waals surface area (Å²) >= 11 is 3.44. The number of hydrogen-bond acceptors (Lipinski definition) is 2. The highest BCUT2D eigenvalue weighted by Crippen LogP contribution is 2.44. The maximum Gasteiger partial charge on any atom is 0.171 e. The predicted octanol–water partition coefficient (Wildman–Crippen LogP) is 5.69. The molecule has 0 saturated heterocycles. The van der Waals surface area contributed by atoms with Crippen molar-refractivity contribution in [2.45, 2.75) is 58.2 Å². The Morgan fingerprint density at radius 3 is 2.14 bits per heavy atom. The minimum atomic E-state index is -1.84. The third-order valence-corrected chi connectivity index (χ3v) is 12.3. The maximum absolute atomic E-state index is 9.45. The summed E-state index contributed by atoms with van der Waals surface area (Å²) in [4.78, 5) is 4.66. The van der Waals surface area contributed by atoms with Crippen LogP contribution < -0.4 is 0 Å². The first-order valence-corrected chi connectivity index (χ1v) is 10.8. The third kappa shape index (κ3) is 2.33. The first-order chi connectivity index (χ1) is 10.3. The van der Waals surface area contributed by atoms with Gasteiger partial charge in [-0.1, -0.05) is 41.5 Å². The molecule has 2 aromatic heterocycles. The first-order valence-electron chi connectivity index (χ1n) is 7.84. The molecule has 2 aromatic rings. The normalized spacial score (nSPS) is 12.6. The van der Waals surface area contributed by atoms with E-state index in [1.54, 1.807) is 6.20 Å². The molecule has 2 rings (SSSR count). The van der Waals surface area contributed by atoms with Crippen molar-refractivity contribution < 1.29 is 0 Å². The zero-order valence-electron chi connectivity index (χ0n) is 14.2. The molecule has 0 bridgehead atoms. The van der Waals surface area contributed by atoms with Gasteiger partial charge in [-0.3, -0.25) is 0 Å². The fourth-order valence-electron chi connectivity index (χ4n) is 4.32.